The molecule has 0 N–H and O–H groups in total. The number of hydrogen-bond donors (Lipinski definition) is 0. The molecule has 0 unspecified atom stereocenters. The molecule has 0 saturated carbocycles. The molecule has 0 radical (unpaired) electrons. The molecule has 0 aliphatic carbocycles. The molecule has 0 saturated heterocycles. The van der Waals surface area contributed by atoms with E-state index in [-0.39, 0.29) is 76.8 Å². The number of ether oxygens (including phenoxy) is 1. The van der Waals surface area contributed by atoms with Gasteiger partial charge in [-0.1, -0.05) is 12.7 Å². The summed E-state index contributed by atoms with van der Waals surface area (Å²) in [5, 5.41) is 0. The Labute approximate surface area is 137 Å². The van der Waals surface area contributed by atoms with E-state index in [2.05, 4.69) is 0 Å². The van der Waals surface area contributed by atoms with Crippen molar-refractivity contribution in [1.82, 2.24) is 0 Å². The first-order valence-electron chi connectivity index (χ1n) is 5.01. The minimum Gasteiger partial charge on any atom is -0.465 e. The smallest absolute Gasteiger partial charge is 0.465 e. The van der Waals surface area contributed by atoms with Crippen LogP contribution < -0.4 is 51.4 Å². The van der Waals surface area contributed by atoms with Crippen LogP contribution in [0, 0.1) is 5.41 Å². The van der Waals surface area contributed by atoms with E-state index in [0.29, 0.717) is 0 Å². The standard InChI is InChI=1S/C9H17BF3O2.K/c1-9(2,3)8(14)15-7-5-4-6-10(11,12)13;/h4-7H2,1-3H3;/q-1;+1. The van der Waals surface area contributed by atoms with Gasteiger partial charge in [-0.15, -0.1) is 0 Å². The normalized spacial score (nSPS) is 11.9. The maximum absolute atomic E-state index is 11.8. The molecule has 0 aromatic carbocycles. The van der Waals surface area contributed by atoms with E-state index in [1.807, 2.05) is 0 Å². The fourth-order valence-corrected chi connectivity index (χ4v) is 0.859. The summed E-state index contributed by atoms with van der Waals surface area (Å²) in [5.41, 5.74) is -0.589. The number of rotatable bonds is 5. The Morgan fingerprint density at radius 2 is 1.69 bits per heavy atom. The summed E-state index contributed by atoms with van der Waals surface area (Å²) in [6.45, 7) is 0.480. The van der Waals surface area contributed by atoms with Crippen LogP contribution in [0.25, 0.3) is 0 Å². The largest absolute Gasteiger partial charge is 1.00 e. The van der Waals surface area contributed by atoms with Gasteiger partial charge >= 0.3 is 64.3 Å². The molecule has 0 spiro atoms. The minimum atomic E-state index is -4.70. The van der Waals surface area contributed by atoms with Gasteiger partial charge in [0.1, 0.15) is 0 Å². The van der Waals surface area contributed by atoms with Crippen molar-refractivity contribution in [3.05, 3.63) is 0 Å². The summed E-state index contributed by atoms with van der Waals surface area (Å²) in [4.78, 5) is 11.2. The molecule has 0 aromatic heterocycles. The van der Waals surface area contributed by atoms with Crippen LogP contribution in [-0.4, -0.2) is 19.6 Å². The van der Waals surface area contributed by atoms with Crippen LogP contribution in [0.3, 0.4) is 0 Å². The molecule has 2 nitrogen and oxygen atoms in total. The van der Waals surface area contributed by atoms with Gasteiger partial charge in [-0.2, -0.15) is 0 Å². The SMILES string of the molecule is CC(C)(C)C(=O)OCCCC[B-](F)(F)F.[K+]. The van der Waals surface area contributed by atoms with Gasteiger partial charge in [-0.3, -0.25) is 4.79 Å². The van der Waals surface area contributed by atoms with Crippen LogP contribution in [0.5, 0.6) is 0 Å². The van der Waals surface area contributed by atoms with Gasteiger partial charge in [-0.25, -0.2) is 0 Å². The molecular formula is C9H17BF3KO2. The molecule has 0 aliphatic rings. The van der Waals surface area contributed by atoms with E-state index in [1.165, 1.54) is 0 Å². The van der Waals surface area contributed by atoms with Crippen molar-refractivity contribution in [1.29, 1.82) is 0 Å². The van der Waals surface area contributed by atoms with E-state index < -0.39 is 18.7 Å². The second-order valence-electron chi connectivity index (χ2n) is 4.59. The first-order valence-corrected chi connectivity index (χ1v) is 5.01. The molecule has 0 bridgehead atoms. The fraction of sp³-hybridized carbons (Fsp3) is 0.889. The summed E-state index contributed by atoms with van der Waals surface area (Å²) >= 11 is 0. The first kappa shape index (κ1) is 19.3. The molecule has 0 aromatic rings. The van der Waals surface area contributed by atoms with Crippen LogP contribution in [0.15, 0.2) is 0 Å². The molecule has 7 heteroatoms. The van der Waals surface area contributed by atoms with Gasteiger partial charge < -0.3 is 17.7 Å². The van der Waals surface area contributed by atoms with Crippen LogP contribution in [0.4, 0.5) is 12.9 Å². The zero-order valence-corrected chi connectivity index (χ0v) is 13.5. The Bertz CT molecular complexity index is 214. The number of carbonyl (C=O) groups excluding carboxylic acids is 1. The van der Waals surface area contributed by atoms with Crippen molar-refractivity contribution in [2.75, 3.05) is 6.61 Å². The van der Waals surface area contributed by atoms with Crippen LogP contribution >= 0.6 is 0 Å². The van der Waals surface area contributed by atoms with Gasteiger partial charge in [0, 0.05) is 0 Å². The van der Waals surface area contributed by atoms with Crippen molar-refractivity contribution in [3.8, 4) is 0 Å². The van der Waals surface area contributed by atoms with Crippen molar-refractivity contribution in [3.63, 3.8) is 0 Å². The third kappa shape index (κ3) is 11.4. The molecule has 16 heavy (non-hydrogen) atoms. The number of esters is 1. The van der Waals surface area contributed by atoms with Crippen LogP contribution in [-0.2, 0) is 9.53 Å². The quantitative estimate of drug-likeness (QED) is 0.403. The van der Waals surface area contributed by atoms with Crippen LogP contribution in [0.1, 0.15) is 33.6 Å². The van der Waals surface area contributed by atoms with Gasteiger partial charge in [0.2, 0.25) is 0 Å². The Morgan fingerprint density at radius 1 is 1.19 bits per heavy atom. The van der Waals surface area contributed by atoms with Gasteiger partial charge in [0.05, 0.1) is 12.0 Å². The summed E-state index contributed by atoms with van der Waals surface area (Å²) in [6.07, 6.45) is -0.461. The molecule has 0 rings (SSSR count). The summed E-state index contributed by atoms with van der Waals surface area (Å²) < 4.78 is 40.2. The second kappa shape index (κ2) is 8.13. The Balaban J connectivity index is 0. The van der Waals surface area contributed by atoms with Crippen LogP contribution in [0.2, 0.25) is 6.32 Å². The summed E-state index contributed by atoms with van der Waals surface area (Å²) in [5.74, 6) is -0.375. The summed E-state index contributed by atoms with van der Waals surface area (Å²) in [7, 11) is 0. The second-order valence-corrected chi connectivity index (χ2v) is 4.59. The maximum atomic E-state index is 11.8. The Hall–Kier alpha value is 0.961. The average molecular weight is 264 g/mol. The van der Waals surface area contributed by atoms with Gasteiger partial charge in [0.25, 0.3) is 0 Å². The average Bonchev–Trinajstić information content (AvgIpc) is 1.99. The Kier molecular flexibility index (Phi) is 9.81. The van der Waals surface area contributed by atoms with Crippen molar-refractivity contribution in [2.24, 2.45) is 5.41 Å². The van der Waals surface area contributed by atoms with E-state index in [1.54, 1.807) is 20.8 Å². The molecule has 0 atom stereocenters. The first-order chi connectivity index (χ1) is 6.63. The van der Waals surface area contributed by atoms with Gasteiger partial charge in [0.15, 0.2) is 0 Å². The van der Waals surface area contributed by atoms with Gasteiger partial charge in [-0.05, 0) is 27.2 Å². The van der Waals surface area contributed by atoms with Crippen molar-refractivity contribution in [2.45, 2.75) is 39.9 Å². The van der Waals surface area contributed by atoms with E-state index in [9.17, 15) is 17.7 Å². The maximum Gasteiger partial charge on any atom is 1.00 e. The summed E-state index contributed by atoms with van der Waals surface area (Å²) in [6, 6.07) is 0. The third-order valence-electron chi connectivity index (χ3n) is 1.77. The van der Waals surface area contributed by atoms with E-state index >= 15 is 0 Å². The molecule has 0 fully saturated rings. The molecule has 0 amide bonds. The predicted octanol–water partition coefficient (Wildman–Crippen LogP) is 0.207. The van der Waals surface area contributed by atoms with E-state index in [0.717, 1.165) is 0 Å². The molecule has 90 valence electrons. The van der Waals surface area contributed by atoms with Crippen molar-refractivity contribution < 1.29 is 73.9 Å². The third-order valence-corrected chi connectivity index (χ3v) is 1.77. The predicted molar refractivity (Wildman–Crippen MR) is 53.5 cm³/mol. The monoisotopic (exact) mass is 264 g/mol. The zero-order valence-electron chi connectivity index (χ0n) is 10.4. The van der Waals surface area contributed by atoms with Crippen molar-refractivity contribution >= 4 is 12.9 Å². The van der Waals surface area contributed by atoms with E-state index in [4.69, 9.17) is 4.74 Å². The number of halogens is 3. The number of carbonyl (C=O) groups is 1. The number of hydrogen-bond acceptors (Lipinski definition) is 2. The fourth-order valence-electron chi connectivity index (χ4n) is 0.859. The zero-order chi connectivity index (χ0) is 12.1. The Morgan fingerprint density at radius 3 is 2.06 bits per heavy atom. The minimum absolute atomic E-state index is 0. The molecule has 0 heterocycles. The topological polar surface area (TPSA) is 26.3 Å². The molecular weight excluding hydrogens is 247 g/mol. The number of unbranched alkanes of at least 4 members (excludes halogenated alkanes) is 1. The molecule has 0 aliphatic heterocycles.